The molecular formula is C11H8FNO2S. The zero-order valence-electron chi connectivity index (χ0n) is 8.40. The number of carboxylic acid groups (broad SMARTS) is 1. The van der Waals surface area contributed by atoms with Gasteiger partial charge < -0.3 is 5.11 Å². The molecule has 0 bridgehead atoms. The average Bonchev–Trinajstić information content (AvgIpc) is 2.61. The third-order valence-corrected chi connectivity index (χ3v) is 3.28. The highest BCUT2D eigenvalue weighted by Crippen LogP contribution is 2.27. The molecule has 0 aliphatic rings. The Labute approximate surface area is 95.2 Å². The third kappa shape index (κ3) is 1.94. The van der Waals surface area contributed by atoms with Crippen molar-refractivity contribution in [3.05, 3.63) is 40.7 Å². The molecule has 1 aromatic carbocycles. The van der Waals surface area contributed by atoms with Crippen LogP contribution in [0.25, 0.3) is 10.6 Å². The number of aryl methyl sites for hydroxylation is 1. The first-order valence-electron chi connectivity index (χ1n) is 4.54. The van der Waals surface area contributed by atoms with Crippen molar-refractivity contribution in [2.45, 2.75) is 6.92 Å². The van der Waals surface area contributed by atoms with E-state index in [1.165, 1.54) is 12.1 Å². The third-order valence-electron chi connectivity index (χ3n) is 2.08. The number of nitrogens with zero attached hydrogens (tertiary/aromatic N) is 1. The Morgan fingerprint density at radius 3 is 2.50 bits per heavy atom. The molecule has 0 saturated carbocycles. The van der Waals surface area contributed by atoms with Crippen LogP contribution < -0.4 is 0 Å². The van der Waals surface area contributed by atoms with E-state index in [4.69, 9.17) is 5.11 Å². The van der Waals surface area contributed by atoms with Crippen LogP contribution in [-0.4, -0.2) is 16.1 Å². The fourth-order valence-electron chi connectivity index (χ4n) is 1.31. The summed E-state index contributed by atoms with van der Waals surface area (Å²) in [5, 5.41) is 9.47. The van der Waals surface area contributed by atoms with Crippen molar-refractivity contribution in [2.24, 2.45) is 0 Å². The predicted molar refractivity (Wildman–Crippen MR) is 59.2 cm³/mol. The molecule has 0 amide bonds. The smallest absolute Gasteiger partial charge is 0.347 e. The Balaban J connectivity index is 2.45. The standard InChI is InChI=1S/C11H8FNO2S/c1-6-9(11(14)15)16-10(13-6)7-2-4-8(12)5-3-7/h2-5H,1H3,(H,14,15). The number of carboxylic acids is 1. The molecule has 5 heteroatoms. The fraction of sp³-hybridized carbons (Fsp3) is 0.0909. The summed E-state index contributed by atoms with van der Waals surface area (Å²) in [4.78, 5) is 15.2. The first kappa shape index (κ1) is 10.8. The Kier molecular flexibility index (Phi) is 2.70. The number of benzene rings is 1. The topological polar surface area (TPSA) is 50.2 Å². The Bertz CT molecular complexity index is 533. The predicted octanol–water partition coefficient (Wildman–Crippen LogP) is 2.96. The molecule has 82 valence electrons. The fourth-order valence-corrected chi connectivity index (χ4v) is 2.22. The maximum absolute atomic E-state index is 12.7. The van der Waals surface area contributed by atoms with E-state index in [0.717, 1.165) is 16.9 Å². The van der Waals surface area contributed by atoms with E-state index < -0.39 is 5.97 Å². The lowest BCUT2D eigenvalue weighted by atomic mass is 10.2. The number of rotatable bonds is 2. The summed E-state index contributed by atoms with van der Waals surface area (Å²) in [5.41, 5.74) is 1.21. The summed E-state index contributed by atoms with van der Waals surface area (Å²) in [6.45, 7) is 1.65. The maximum Gasteiger partial charge on any atom is 0.347 e. The lowest BCUT2D eigenvalue weighted by Crippen LogP contribution is -1.94. The molecule has 0 unspecified atom stereocenters. The molecular weight excluding hydrogens is 229 g/mol. The van der Waals surface area contributed by atoms with Crippen LogP contribution in [0.3, 0.4) is 0 Å². The molecule has 0 aliphatic heterocycles. The first-order valence-corrected chi connectivity index (χ1v) is 5.36. The normalized spacial score (nSPS) is 10.4. The second-order valence-corrected chi connectivity index (χ2v) is 4.24. The van der Waals surface area contributed by atoms with Crippen LogP contribution in [0.2, 0.25) is 0 Å². The van der Waals surface area contributed by atoms with Gasteiger partial charge in [0.05, 0.1) is 5.69 Å². The highest BCUT2D eigenvalue weighted by Gasteiger charge is 2.14. The summed E-state index contributed by atoms with van der Waals surface area (Å²) in [6.07, 6.45) is 0. The van der Waals surface area contributed by atoms with Gasteiger partial charge in [-0.3, -0.25) is 0 Å². The zero-order valence-corrected chi connectivity index (χ0v) is 9.21. The minimum absolute atomic E-state index is 0.222. The van der Waals surface area contributed by atoms with Gasteiger partial charge in [-0.2, -0.15) is 0 Å². The van der Waals surface area contributed by atoms with E-state index in [1.807, 2.05) is 0 Å². The van der Waals surface area contributed by atoms with Crippen molar-refractivity contribution in [3.63, 3.8) is 0 Å². The number of carbonyl (C=O) groups is 1. The summed E-state index contributed by atoms with van der Waals surface area (Å²) in [5.74, 6) is -1.31. The second kappa shape index (κ2) is 4.02. The van der Waals surface area contributed by atoms with Gasteiger partial charge in [0, 0.05) is 5.56 Å². The summed E-state index contributed by atoms with van der Waals surface area (Å²) < 4.78 is 12.7. The number of hydrogen-bond donors (Lipinski definition) is 1. The molecule has 0 radical (unpaired) electrons. The Morgan fingerprint density at radius 1 is 1.38 bits per heavy atom. The van der Waals surface area contributed by atoms with Gasteiger partial charge >= 0.3 is 5.97 Å². The van der Waals surface area contributed by atoms with Crippen LogP contribution in [0.1, 0.15) is 15.4 Å². The van der Waals surface area contributed by atoms with E-state index >= 15 is 0 Å². The highest BCUT2D eigenvalue weighted by atomic mass is 32.1. The largest absolute Gasteiger partial charge is 0.477 e. The number of aromatic nitrogens is 1. The van der Waals surface area contributed by atoms with Crippen LogP contribution in [-0.2, 0) is 0 Å². The molecule has 0 spiro atoms. The van der Waals surface area contributed by atoms with Crippen LogP contribution in [0, 0.1) is 12.7 Å². The molecule has 3 nitrogen and oxygen atoms in total. The Hall–Kier alpha value is -1.75. The molecule has 1 heterocycles. The van der Waals surface area contributed by atoms with Crippen molar-refractivity contribution in [3.8, 4) is 10.6 Å². The van der Waals surface area contributed by atoms with Crippen molar-refractivity contribution < 1.29 is 14.3 Å². The number of aromatic carboxylic acids is 1. The van der Waals surface area contributed by atoms with Gasteiger partial charge in [-0.25, -0.2) is 14.2 Å². The van der Waals surface area contributed by atoms with Gasteiger partial charge in [0.1, 0.15) is 15.7 Å². The zero-order chi connectivity index (χ0) is 11.7. The van der Waals surface area contributed by atoms with E-state index in [2.05, 4.69) is 4.98 Å². The lowest BCUT2D eigenvalue weighted by Gasteiger charge is -1.94. The molecule has 2 rings (SSSR count). The van der Waals surface area contributed by atoms with Gasteiger partial charge in [0.15, 0.2) is 0 Å². The summed E-state index contributed by atoms with van der Waals surface area (Å²) in [6, 6.07) is 5.82. The maximum atomic E-state index is 12.7. The second-order valence-electron chi connectivity index (χ2n) is 3.25. The number of thiazole rings is 1. The summed E-state index contributed by atoms with van der Waals surface area (Å²) >= 11 is 1.09. The van der Waals surface area contributed by atoms with Gasteiger partial charge in [0.25, 0.3) is 0 Å². The number of hydrogen-bond acceptors (Lipinski definition) is 3. The number of halogens is 1. The first-order chi connectivity index (χ1) is 7.58. The van der Waals surface area contributed by atoms with E-state index in [9.17, 15) is 9.18 Å². The van der Waals surface area contributed by atoms with Gasteiger partial charge in [-0.15, -0.1) is 11.3 Å². The quantitative estimate of drug-likeness (QED) is 0.873. The van der Waals surface area contributed by atoms with Crippen LogP contribution in [0.15, 0.2) is 24.3 Å². The summed E-state index contributed by atoms with van der Waals surface area (Å²) in [7, 11) is 0. The minimum atomic E-state index is -0.983. The van der Waals surface area contributed by atoms with Crippen LogP contribution in [0.5, 0.6) is 0 Å². The van der Waals surface area contributed by atoms with Gasteiger partial charge in [-0.1, -0.05) is 0 Å². The molecule has 1 aromatic heterocycles. The molecule has 1 N–H and O–H groups in total. The SMILES string of the molecule is Cc1nc(-c2ccc(F)cc2)sc1C(=O)O. The van der Waals surface area contributed by atoms with Crippen molar-refractivity contribution in [1.29, 1.82) is 0 Å². The minimum Gasteiger partial charge on any atom is -0.477 e. The lowest BCUT2D eigenvalue weighted by molar-refractivity contribution is 0.0701. The van der Waals surface area contributed by atoms with Gasteiger partial charge in [0.2, 0.25) is 0 Å². The highest BCUT2D eigenvalue weighted by molar-refractivity contribution is 7.17. The van der Waals surface area contributed by atoms with E-state index in [0.29, 0.717) is 10.7 Å². The van der Waals surface area contributed by atoms with E-state index in [-0.39, 0.29) is 10.7 Å². The molecule has 0 fully saturated rings. The van der Waals surface area contributed by atoms with E-state index in [1.54, 1.807) is 19.1 Å². The molecule has 2 aromatic rings. The molecule has 0 aliphatic carbocycles. The Morgan fingerprint density at radius 2 is 2.00 bits per heavy atom. The molecule has 16 heavy (non-hydrogen) atoms. The van der Waals surface area contributed by atoms with Crippen molar-refractivity contribution in [2.75, 3.05) is 0 Å². The monoisotopic (exact) mass is 237 g/mol. The van der Waals surface area contributed by atoms with Crippen LogP contribution >= 0.6 is 11.3 Å². The van der Waals surface area contributed by atoms with Crippen molar-refractivity contribution >= 4 is 17.3 Å². The van der Waals surface area contributed by atoms with Crippen LogP contribution in [0.4, 0.5) is 4.39 Å². The van der Waals surface area contributed by atoms with Crippen molar-refractivity contribution in [1.82, 2.24) is 4.98 Å². The molecule has 0 saturated heterocycles. The van der Waals surface area contributed by atoms with Gasteiger partial charge in [-0.05, 0) is 31.2 Å². The average molecular weight is 237 g/mol. The molecule has 0 atom stereocenters.